The molecule has 2 heterocycles. The van der Waals surface area contributed by atoms with Gasteiger partial charge in [0.05, 0.1) is 10.2 Å². The van der Waals surface area contributed by atoms with Gasteiger partial charge in [-0.1, -0.05) is 146 Å². The van der Waals surface area contributed by atoms with Gasteiger partial charge in [0.25, 0.3) is 0 Å². The molecule has 47 heavy (non-hydrogen) atoms. The first-order valence-corrected chi connectivity index (χ1v) is 16.4. The minimum Gasteiger partial charge on any atom is -0.236 e. The van der Waals surface area contributed by atoms with Crippen molar-refractivity contribution in [1.29, 1.82) is 0 Å². The SMILES string of the molecule is c1ccc(-c2nc(-c3ccccc3)nc(-c3ccc4cccc(-c5cccc6c5ccc5nc(-c7ccccc7)sc56)c4c3)n2)cc1. The predicted octanol–water partition coefficient (Wildman–Crippen LogP) is 11.1. The molecule has 0 atom stereocenters. The minimum atomic E-state index is 0.645. The van der Waals surface area contributed by atoms with E-state index in [-0.39, 0.29) is 0 Å². The molecule has 0 spiro atoms. The van der Waals surface area contributed by atoms with Crippen LogP contribution in [0.25, 0.3) is 87.6 Å². The summed E-state index contributed by atoms with van der Waals surface area (Å²) in [5.41, 5.74) is 7.38. The Hall–Kier alpha value is -6.04. The fourth-order valence-corrected chi connectivity index (χ4v) is 7.36. The Morgan fingerprint density at radius 1 is 0.362 bits per heavy atom. The zero-order valence-electron chi connectivity index (χ0n) is 25.2. The summed E-state index contributed by atoms with van der Waals surface area (Å²) in [6.45, 7) is 0. The molecule has 0 unspecified atom stereocenters. The zero-order chi connectivity index (χ0) is 31.2. The highest BCUT2D eigenvalue weighted by Gasteiger charge is 2.16. The molecule has 0 bridgehead atoms. The largest absolute Gasteiger partial charge is 0.236 e. The maximum absolute atomic E-state index is 4.99. The van der Waals surface area contributed by atoms with Crippen LogP contribution in [-0.4, -0.2) is 19.9 Å². The molecule has 220 valence electrons. The van der Waals surface area contributed by atoms with E-state index >= 15 is 0 Å². The van der Waals surface area contributed by atoms with E-state index in [2.05, 4.69) is 91.0 Å². The van der Waals surface area contributed by atoms with Crippen LogP contribution in [0.5, 0.6) is 0 Å². The molecule has 9 aromatic rings. The first-order chi connectivity index (χ1) is 23.3. The highest BCUT2D eigenvalue weighted by atomic mass is 32.1. The molecule has 2 aromatic heterocycles. The van der Waals surface area contributed by atoms with Crippen LogP contribution in [0.4, 0.5) is 0 Å². The Bertz CT molecular complexity index is 2500. The van der Waals surface area contributed by atoms with Crippen LogP contribution >= 0.6 is 11.3 Å². The van der Waals surface area contributed by atoms with E-state index in [0.717, 1.165) is 43.6 Å². The number of fused-ring (bicyclic) bond motifs is 4. The third-order valence-corrected chi connectivity index (χ3v) is 9.72. The van der Waals surface area contributed by atoms with E-state index in [1.165, 1.54) is 26.6 Å². The van der Waals surface area contributed by atoms with Crippen molar-refractivity contribution in [3.8, 4) is 55.9 Å². The molecule has 0 saturated heterocycles. The van der Waals surface area contributed by atoms with E-state index in [9.17, 15) is 0 Å². The van der Waals surface area contributed by atoms with Gasteiger partial charge in [-0.3, -0.25) is 0 Å². The zero-order valence-corrected chi connectivity index (χ0v) is 26.0. The maximum atomic E-state index is 4.99. The van der Waals surface area contributed by atoms with Gasteiger partial charge in [0.1, 0.15) is 5.01 Å². The summed E-state index contributed by atoms with van der Waals surface area (Å²) in [4.78, 5) is 19.9. The van der Waals surface area contributed by atoms with Crippen molar-refractivity contribution in [3.63, 3.8) is 0 Å². The smallest absolute Gasteiger partial charge is 0.164 e. The van der Waals surface area contributed by atoms with Gasteiger partial charge in [-0.15, -0.1) is 11.3 Å². The third-order valence-electron chi connectivity index (χ3n) is 8.56. The van der Waals surface area contributed by atoms with Crippen molar-refractivity contribution in [2.45, 2.75) is 0 Å². The summed E-state index contributed by atoms with van der Waals surface area (Å²) in [7, 11) is 0. The van der Waals surface area contributed by atoms with Crippen LogP contribution in [0.3, 0.4) is 0 Å². The van der Waals surface area contributed by atoms with Crippen molar-refractivity contribution >= 4 is 43.1 Å². The maximum Gasteiger partial charge on any atom is 0.164 e. The average Bonchev–Trinajstić information content (AvgIpc) is 3.60. The number of hydrogen-bond acceptors (Lipinski definition) is 5. The first kappa shape index (κ1) is 27.3. The highest BCUT2D eigenvalue weighted by molar-refractivity contribution is 7.22. The summed E-state index contributed by atoms with van der Waals surface area (Å²) in [6, 6.07) is 54.6. The Balaban J connectivity index is 1.21. The van der Waals surface area contributed by atoms with E-state index in [1.54, 1.807) is 11.3 Å². The molecule has 0 fully saturated rings. The Labute approximate surface area is 275 Å². The van der Waals surface area contributed by atoms with Gasteiger partial charge in [-0.05, 0) is 39.4 Å². The second-order valence-corrected chi connectivity index (χ2v) is 12.5. The normalized spacial score (nSPS) is 11.4. The van der Waals surface area contributed by atoms with Crippen LogP contribution in [0.15, 0.2) is 158 Å². The van der Waals surface area contributed by atoms with Crippen LogP contribution < -0.4 is 0 Å². The summed E-state index contributed by atoms with van der Waals surface area (Å²) < 4.78 is 1.20. The van der Waals surface area contributed by atoms with Crippen molar-refractivity contribution in [3.05, 3.63) is 158 Å². The molecule has 0 aliphatic rings. The molecular weight excluding hydrogens is 593 g/mol. The molecule has 0 saturated carbocycles. The molecular formula is C42H26N4S. The Morgan fingerprint density at radius 2 is 0.936 bits per heavy atom. The molecule has 0 N–H and O–H groups in total. The van der Waals surface area contributed by atoms with Crippen LogP contribution in [0.2, 0.25) is 0 Å². The second-order valence-electron chi connectivity index (χ2n) is 11.5. The topological polar surface area (TPSA) is 51.6 Å². The van der Waals surface area contributed by atoms with Gasteiger partial charge in [-0.25, -0.2) is 19.9 Å². The van der Waals surface area contributed by atoms with Gasteiger partial charge in [-0.2, -0.15) is 0 Å². The number of benzene rings is 7. The fourth-order valence-electron chi connectivity index (χ4n) is 6.27. The molecule has 0 aliphatic carbocycles. The predicted molar refractivity (Wildman–Crippen MR) is 195 cm³/mol. The third kappa shape index (κ3) is 4.94. The number of thiazole rings is 1. The number of nitrogens with zero attached hydrogens (tertiary/aromatic N) is 4. The van der Waals surface area contributed by atoms with E-state index in [4.69, 9.17) is 19.9 Å². The van der Waals surface area contributed by atoms with Crippen LogP contribution in [0.1, 0.15) is 0 Å². The quantitative estimate of drug-likeness (QED) is 0.193. The summed E-state index contributed by atoms with van der Waals surface area (Å²) >= 11 is 1.75. The molecule has 5 heteroatoms. The lowest BCUT2D eigenvalue weighted by Gasteiger charge is -2.13. The van der Waals surface area contributed by atoms with E-state index in [0.29, 0.717) is 17.5 Å². The van der Waals surface area contributed by atoms with Crippen molar-refractivity contribution in [2.75, 3.05) is 0 Å². The lowest BCUT2D eigenvalue weighted by atomic mass is 9.93. The van der Waals surface area contributed by atoms with E-state index < -0.39 is 0 Å². The van der Waals surface area contributed by atoms with Crippen molar-refractivity contribution in [1.82, 2.24) is 19.9 Å². The molecule has 0 aliphatic heterocycles. The Kier molecular flexibility index (Phi) is 6.61. The number of aromatic nitrogens is 4. The number of hydrogen-bond donors (Lipinski definition) is 0. The Morgan fingerprint density at radius 3 is 1.60 bits per heavy atom. The molecule has 4 nitrogen and oxygen atoms in total. The molecule has 9 rings (SSSR count). The van der Waals surface area contributed by atoms with Crippen LogP contribution in [-0.2, 0) is 0 Å². The van der Waals surface area contributed by atoms with Gasteiger partial charge >= 0.3 is 0 Å². The lowest BCUT2D eigenvalue weighted by Crippen LogP contribution is -2.00. The summed E-state index contributed by atoms with van der Waals surface area (Å²) in [5, 5.41) is 5.77. The van der Waals surface area contributed by atoms with Crippen LogP contribution in [0, 0.1) is 0 Å². The van der Waals surface area contributed by atoms with Crippen molar-refractivity contribution in [2.24, 2.45) is 0 Å². The van der Waals surface area contributed by atoms with Gasteiger partial charge in [0, 0.05) is 27.6 Å². The van der Waals surface area contributed by atoms with Crippen molar-refractivity contribution < 1.29 is 0 Å². The minimum absolute atomic E-state index is 0.645. The highest BCUT2D eigenvalue weighted by Crippen LogP contribution is 2.40. The van der Waals surface area contributed by atoms with Gasteiger partial charge in [0.2, 0.25) is 0 Å². The van der Waals surface area contributed by atoms with Gasteiger partial charge < -0.3 is 0 Å². The monoisotopic (exact) mass is 618 g/mol. The standard InChI is InChI=1S/C42H26N4S/c1-4-12-28(13-5-1)39-44-40(29-14-6-2-7-15-29)46-41(45-39)31-23-22-27-18-10-19-33(36(27)26-31)32-20-11-21-35-34(32)24-25-37-38(35)47-42(43-37)30-16-8-3-9-17-30/h1-26H. The molecule has 0 amide bonds. The summed E-state index contributed by atoms with van der Waals surface area (Å²) in [5.74, 6) is 1.95. The fraction of sp³-hybridized carbons (Fsp3) is 0. The molecule has 0 radical (unpaired) electrons. The average molecular weight is 619 g/mol. The van der Waals surface area contributed by atoms with E-state index in [1.807, 2.05) is 66.7 Å². The lowest BCUT2D eigenvalue weighted by molar-refractivity contribution is 1.07. The number of rotatable bonds is 5. The first-order valence-electron chi connectivity index (χ1n) is 15.6. The second kappa shape index (κ2) is 11.4. The van der Waals surface area contributed by atoms with Gasteiger partial charge in [0.15, 0.2) is 17.5 Å². The summed E-state index contributed by atoms with van der Waals surface area (Å²) in [6.07, 6.45) is 0. The molecule has 7 aromatic carbocycles.